The molecule has 3 fully saturated rings. The van der Waals surface area contributed by atoms with Crippen molar-refractivity contribution >= 4 is 29.9 Å². The quantitative estimate of drug-likeness (QED) is 0.319. The third-order valence-corrected chi connectivity index (χ3v) is 7.09. The first-order chi connectivity index (χ1) is 15.2. The number of nitrogens with zero attached hydrogens (tertiary/aromatic N) is 3. The smallest absolute Gasteiger partial charge is 0.193 e. The minimum Gasteiger partial charge on any atom is -0.381 e. The molecule has 3 heterocycles. The summed E-state index contributed by atoms with van der Waals surface area (Å²) in [5.74, 6) is 1.02. The highest BCUT2D eigenvalue weighted by molar-refractivity contribution is 14.0. The molecule has 2 unspecified atom stereocenters. The molecule has 0 bridgehead atoms. The van der Waals surface area contributed by atoms with Crippen molar-refractivity contribution in [3.63, 3.8) is 0 Å². The number of benzene rings is 1. The highest BCUT2D eigenvalue weighted by Gasteiger charge is 2.35. The van der Waals surface area contributed by atoms with Gasteiger partial charge in [-0.15, -0.1) is 24.0 Å². The van der Waals surface area contributed by atoms with E-state index in [1.807, 2.05) is 7.05 Å². The molecular weight excluding hydrogens is 517 g/mol. The molecule has 1 aromatic rings. The standard InChI is InChI=1S/C24H39N5O2.HI/c1-20(21-6-4-3-5-7-21)27-24(9-14-30-15-10-24)19-26-23(25-2)29-11-8-22(18-29)28-12-16-31-17-13-28;/h3-7,20,22,27H,8-19H2,1-2H3,(H,25,26);1H. The van der Waals surface area contributed by atoms with Crippen molar-refractivity contribution < 1.29 is 9.47 Å². The molecule has 180 valence electrons. The van der Waals surface area contributed by atoms with Gasteiger partial charge in [0.1, 0.15) is 0 Å². The molecule has 0 saturated carbocycles. The Bertz CT molecular complexity index is 708. The van der Waals surface area contributed by atoms with Crippen LogP contribution in [0.4, 0.5) is 0 Å². The second-order valence-electron chi connectivity index (χ2n) is 9.11. The molecule has 1 aromatic carbocycles. The lowest BCUT2D eigenvalue weighted by atomic mass is 9.88. The number of halogens is 1. The normalized spacial score (nSPS) is 25.2. The summed E-state index contributed by atoms with van der Waals surface area (Å²) in [6.07, 6.45) is 3.21. The molecule has 0 amide bonds. The zero-order valence-corrected chi connectivity index (χ0v) is 21.9. The van der Waals surface area contributed by atoms with Crippen LogP contribution in [-0.2, 0) is 9.47 Å². The molecule has 3 aliphatic heterocycles. The molecule has 0 aromatic heterocycles. The molecule has 8 heteroatoms. The lowest BCUT2D eigenvalue weighted by Crippen LogP contribution is -2.58. The van der Waals surface area contributed by atoms with E-state index in [0.29, 0.717) is 12.1 Å². The summed E-state index contributed by atoms with van der Waals surface area (Å²) in [6, 6.07) is 11.6. The Hall–Kier alpha value is -0.940. The number of guanidine groups is 1. The predicted octanol–water partition coefficient (Wildman–Crippen LogP) is 2.49. The van der Waals surface area contributed by atoms with Crippen LogP contribution in [0.2, 0.25) is 0 Å². The Morgan fingerprint density at radius 1 is 1.09 bits per heavy atom. The van der Waals surface area contributed by atoms with Crippen LogP contribution in [0.15, 0.2) is 35.3 Å². The highest BCUT2D eigenvalue weighted by Crippen LogP contribution is 2.25. The molecule has 3 aliphatic rings. The van der Waals surface area contributed by atoms with E-state index in [0.717, 1.165) is 78.0 Å². The maximum absolute atomic E-state index is 5.70. The van der Waals surface area contributed by atoms with Crippen LogP contribution >= 0.6 is 24.0 Å². The molecule has 0 radical (unpaired) electrons. The van der Waals surface area contributed by atoms with Gasteiger partial charge in [0.15, 0.2) is 5.96 Å². The van der Waals surface area contributed by atoms with Crippen LogP contribution in [0.1, 0.15) is 37.8 Å². The maximum Gasteiger partial charge on any atom is 0.193 e. The summed E-state index contributed by atoms with van der Waals surface area (Å²) >= 11 is 0. The monoisotopic (exact) mass is 557 g/mol. The van der Waals surface area contributed by atoms with Gasteiger partial charge in [-0.2, -0.15) is 0 Å². The van der Waals surface area contributed by atoms with Crippen molar-refractivity contribution in [1.29, 1.82) is 0 Å². The van der Waals surface area contributed by atoms with E-state index in [2.05, 4.69) is 62.7 Å². The Morgan fingerprint density at radius 3 is 2.47 bits per heavy atom. The van der Waals surface area contributed by atoms with Gasteiger partial charge < -0.3 is 25.0 Å². The zero-order valence-electron chi connectivity index (χ0n) is 19.6. The molecule has 3 saturated heterocycles. The fourth-order valence-electron chi connectivity index (χ4n) is 5.17. The Morgan fingerprint density at radius 2 is 1.78 bits per heavy atom. The van der Waals surface area contributed by atoms with Crippen molar-refractivity contribution in [1.82, 2.24) is 20.4 Å². The molecule has 0 aliphatic carbocycles. The second kappa shape index (κ2) is 12.5. The number of hydrogen-bond acceptors (Lipinski definition) is 5. The number of likely N-dealkylation sites (tertiary alicyclic amines) is 1. The van der Waals surface area contributed by atoms with E-state index >= 15 is 0 Å². The van der Waals surface area contributed by atoms with E-state index in [4.69, 9.17) is 9.47 Å². The van der Waals surface area contributed by atoms with Gasteiger partial charge >= 0.3 is 0 Å². The number of nitrogens with one attached hydrogen (secondary N) is 2. The number of aliphatic imine (C=N–C) groups is 1. The molecule has 2 N–H and O–H groups in total. The van der Waals surface area contributed by atoms with Crippen LogP contribution in [0.3, 0.4) is 0 Å². The largest absolute Gasteiger partial charge is 0.381 e. The molecule has 7 nitrogen and oxygen atoms in total. The van der Waals surface area contributed by atoms with Gasteiger partial charge in [-0.25, -0.2) is 0 Å². The van der Waals surface area contributed by atoms with Crippen LogP contribution in [0.25, 0.3) is 0 Å². The van der Waals surface area contributed by atoms with E-state index in [1.165, 1.54) is 12.0 Å². The van der Waals surface area contributed by atoms with Gasteiger partial charge in [-0.1, -0.05) is 30.3 Å². The Kier molecular flexibility index (Phi) is 10.0. The molecule has 2 atom stereocenters. The lowest BCUT2D eigenvalue weighted by molar-refractivity contribution is 0.0194. The van der Waals surface area contributed by atoms with E-state index in [9.17, 15) is 0 Å². The first kappa shape index (κ1) is 25.7. The van der Waals surface area contributed by atoms with Crippen LogP contribution in [0, 0.1) is 0 Å². The topological polar surface area (TPSA) is 61.4 Å². The summed E-state index contributed by atoms with van der Waals surface area (Å²) in [4.78, 5) is 9.64. The van der Waals surface area contributed by atoms with Crippen LogP contribution in [-0.4, -0.2) is 93.5 Å². The van der Waals surface area contributed by atoms with Gasteiger partial charge in [0.25, 0.3) is 0 Å². The van der Waals surface area contributed by atoms with Gasteiger partial charge in [0, 0.05) is 70.6 Å². The Labute approximate surface area is 210 Å². The average molecular weight is 558 g/mol. The fourth-order valence-corrected chi connectivity index (χ4v) is 5.17. The number of hydrogen-bond donors (Lipinski definition) is 2. The van der Waals surface area contributed by atoms with Crippen molar-refractivity contribution in [2.45, 2.75) is 43.8 Å². The molecular formula is C24H40IN5O2. The number of ether oxygens (including phenoxy) is 2. The van der Waals surface area contributed by atoms with Crippen LogP contribution < -0.4 is 10.6 Å². The third-order valence-electron chi connectivity index (χ3n) is 7.09. The second-order valence-corrected chi connectivity index (χ2v) is 9.11. The van der Waals surface area contributed by atoms with Crippen molar-refractivity contribution in [2.24, 2.45) is 4.99 Å². The highest BCUT2D eigenvalue weighted by atomic mass is 127. The zero-order chi connectivity index (χ0) is 21.5. The summed E-state index contributed by atoms with van der Waals surface area (Å²) in [5, 5.41) is 7.66. The van der Waals surface area contributed by atoms with E-state index in [1.54, 1.807) is 0 Å². The summed E-state index contributed by atoms with van der Waals surface area (Å²) in [6.45, 7) is 10.7. The minimum atomic E-state index is 0. The summed E-state index contributed by atoms with van der Waals surface area (Å²) in [5.41, 5.74) is 1.33. The van der Waals surface area contributed by atoms with Gasteiger partial charge in [-0.3, -0.25) is 9.89 Å². The summed E-state index contributed by atoms with van der Waals surface area (Å²) in [7, 11) is 1.90. The lowest BCUT2D eigenvalue weighted by Gasteiger charge is -2.41. The minimum absolute atomic E-state index is 0. The van der Waals surface area contributed by atoms with Crippen molar-refractivity contribution in [3.05, 3.63) is 35.9 Å². The Balaban J connectivity index is 0.00000289. The van der Waals surface area contributed by atoms with E-state index < -0.39 is 0 Å². The average Bonchev–Trinajstić information content (AvgIpc) is 3.31. The summed E-state index contributed by atoms with van der Waals surface area (Å²) < 4.78 is 11.2. The first-order valence-electron chi connectivity index (χ1n) is 11.9. The van der Waals surface area contributed by atoms with E-state index in [-0.39, 0.29) is 29.5 Å². The third kappa shape index (κ3) is 6.56. The van der Waals surface area contributed by atoms with Gasteiger partial charge in [0.2, 0.25) is 0 Å². The number of morpholine rings is 1. The maximum atomic E-state index is 5.70. The molecule has 4 rings (SSSR count). The number of rotatable bonds is 6. The van der Waals surface area contributed by atoms with Crippen LogP contribution in [0.5, 0.6) is 0 Å². The predicted molar refractivity (Wildman–Crippen MR) is 140 cm³/mol. The molecule has 0 spiro atoms. The molecule has 32 heavy (non-hydrogen) atoms. The SMILES string of the molecule is CN=C(NCC1(NC(C)c2ccccc2)CCOCC1)N1CCC(N2CCOCC2)C1.I. The first-order valence-corrected chi connectivity index (χ1v) is 11.9. The van der Waals surface area contributed by atoms with Gasteiger partial charge in [0.05, 0.1) is 13.2 Å². The fraction of sp³-hybridized carbons (Fsp3) is 0.708. The van der Waals surface area contributed by atoms with Crippen molar-refractivity contribution in [2.75, 3.05) is 66.2 Å². The van der Waals surface area contributed by atoms with Gasteiger partial charge in [-0.05, 0) is 31.7 Å². The van der Waals surface area contributed by atoms with Crippen molar-refractivity contribution in [3.8, 4) is 0 Å².